The van der Waals surface area contributed by atoms with Gasteiger partial charge in [-0.3, -0.25) is 19.2 Å². The summed E-state index contributed by atoms with van der Waals surface area (Å²) >= 11 is 0. The lowest BCUT2D eigenvalue weighted by Crippen LogP contribution is -2.43. The largest absolute Gasteiger partial charge is 0.380 e. The van der Waals surface area contributed by atoms with Crippen molar-refractivity contribution >= 4 is 58.4 Å². The van der Waals surface area contributed by atoms with Gasteiger partial charge in [0, 0.05) is 59.8 Å². The molecule has 0 radical (unpaired) electrons. The zero-order valence-electron chi connectivity index (χ0n) is 35.3. The summed E-state index contributed by atoms with van der Waals surface area (Å²) in [4.78, 5) is 56.8. The molecule has 1 saturated heterocycles. The fraction of sp³-hybridized carbons (Fsp3) is 0.222. The van der Waals surface area contributed by atoms with E-state index >= 15 is 0 Å². The van der Waals surface area contributed by atoms with E-state index < -0.39 is 12.0 Å². The van der Waals surface area contributed by atoms with Gasteiger partial charge in [-0.1, -0.05) is 134 Å². The molecule has 1 unspecified atom stereocenters. The Kier molecular flexibility index (Phi) is 13.8. The van der Waals surface area contributed by atoms with Crippen molar-refractivity contribution in [1.82, 2.24) is 4.90 Å². The number of para-hydroxylation sites is 2. The average molecular weight is 836 g/mol. The molecule has 2 aliphatic rings. The molecule has 0 bridgehead atoms. The number of hydrogen-bond acceptors (Lipinski definition) is 6. The SMILES string of the molecule is O=C(c1ccccc1NCc1ccccc1)C1CCCC[C@H]1C(=O)Nc1ccc(/C=C/c2ccc(NC(=O)[C@@H]3CCCN3C(=O)c3ccccc3NCc3ccccc3)cc2)cc1. The number of rotatable bonds is 15. The van der Waals surface area contributed by atoms with Crippen LogP contribution in [0.1, 0.15) is 81.5 Å². The summed E-state index contributed by atoms with van der Waals surface area (Å²) in [5, 5.41) is 13.0. The second-order valence-corrected chi connectivity index (χ2v) is 16.3. The third-order valence-electron chi connectivity index (χ3n) is 12.1. The van der Waals surface area contributed by atoms with Gasteiger partial charge in [0.2, 0.25) is 11.8 Å². The van der Waals surface area contributed by atoms with Crippen LogP contribution in [0.15, 0.2) is 158 Å². The first-order valence-corrected chi connectivity index (χ1v) is 22.0. The zero-order valence-corrected chi connectivity index (χ0v) is 35.3. The monoisotopic (exact) mass is 835 g/mol. The Balaban J connectivity index is 0.837. The van der Waals surface area contributed by atoms with E-state index in [4.69, 9.17) is 0 Å². The predicted octanol–water partition coefficient (Wildman–Crippen LogP) is 11.0. The number of carbonyl (C=O) groups excluding carboxylic acids is 4. The van der Waals surface area contributed by atoms with E-state index in [2.05, 4.69) is 33.4 Å². The van der Waals surface area contributed by atoms with Crippen molar-refractivity contribution < 1.29 is 19.2 Å². The van der Waals surface area contributed by atoms with Crippen LogP contribution >= 0.6 is 0 Å². The number of anilines is 4. The van der Waals surface area contributed by atoms with Crippen LogP contribution in [0.3, 0.4) is 0 Å². The molecule has 2 fully saturated rings. The quantitative estimate of drug-likeness (QED) is 0.0604. The molecule has 9 heteroatoms. The van der Waals surface area contributed by atoms with E-state index in [1.165, 1.54) is 0 Å². The second-order valence-electron chi connectivity index (χ2n) is 16.3. The number of carbonyl (C=O) groups is 4. The van der Waals surface area contributed by atoms with Gasteiger partial charge in [-0.05, 0) is 96.5 Å². The van der Waals surface area contributed by atoms with E-state index in [0.29, 0.717) is 61.4 Å². The number of likely N-dealkylation sites (tertiary alicyclic amines) is 1. The summed E-state index contributed by atoms with van der Waals surface area (Å²) in [6.45, 7) is 1.71. The highest BCUT2D eigenvalue weighted by Gasteiger charge is 2.37. The summed E-state index contributed by atoms with van der Waals surface area (Å²) in [5.74, 6) is -1.26. The van der Waals surface area contributed by atoms with E-state index in [0.717, 1.165) is 52.9 Å². The number of Topliss-reactive ketones (excluding diaryl/α,β-unsaturated/α-hetero) is 1. The first-order chi connectivity index (χ1) is 30.9. The molecule has 6 aromatic carbocycles. The molecule has 9 nitrogen and oxygen atoms in total. The van der Waals surface area contributed by atoms with Crippen LogP contribution in [0.2, 0.25) is 0 Å². The Morgan fingerprint density at radius 2 is 0.968 bits per heavy atom. The Morgan fingerprint density at radius 3 is 1.54 bits per heavy atom. The number of nitrogens with zero attached hydrogens (tertiary/aromatic N) is 1. The number of ketones is 1. The number of amides is 3. The maximum absolute atomic E-state index is 14.0. The topological polar surface area (TPSA) is 120 Å². The van der Waals surface area contributed by atoms with Crippen molar-refractivity contribution in [2.45, 2.75) is 57.7 Å². The molecule has 63 heavy (non-hydrogen) atoms. The normalized spacial score (nSPS) is 17.2. The van der Waals surface area contributed by atoms with Crippen LogP contribution in [0, 0.1) is 11.8 Å². The van der Waals surface area contributed by atoms with Crippen LogP contribution in [-0.2, 0) is 22.7 Å². The molecule has 3 atom stereocenters. The fourth-order valence-corrected chi connectivity index (χ4v) is 8.67. The van der Waals surface area contributed by atoms with E-state index in [-0.39, 0.29) is 29.4 Å². The molecule has 0 spiro atoms. The standard InChI is InChI=1S/C54H53N5O4/c60-51(46-20-9-11-22-48(46)55-36-40-14-3-1-4-15-40)44-18-7-8-19-45(44)52(61)57-42-31-27-38(28-32-42)25-26-39-29-33-43(34-30-39)58-53(62)50-24-13-35-59(50)54(63)47-21-10-12-23-49(47)56-37-41-16-5-2-6-17-41/h1-6,9-12,14-17,20-23,25-34,44-45,50,55-56H,7-8,13,18-19,24,35-37H2,(H,57,61)(H,58,62)/b26-25+/t44?,45-,50+/m1/s1. The first kappa shape index (κ1) is 42.4. The minimum atomic E-state index is -0.561. The summed E-state index contributed by atoms with van der Waals surface area (Å²) in [6, 6.07) is 49.9. The fourth-order valence-electron chi connectivity index (χ4n) is 8.67. The molecule has 1 heterocycles. The lowest BCUT2D eigenvalue weighted by Gasteiger charge is -2.30. The van der Waals surface area contributed by atoms with Crippen molar-refractivity contribution in [3.8, 4) is 0 Å². The smallest absolute Gasteiger partial charge is 0.256 e. The highest BCUT2D eigenvalue weighted by molar-refractivity contribution is 6.06. The summed E-state index contributed by atoms with van der Waals surface area (Å²) in [6.07, 6.45) is 8.53. The van der Waals surface area contributed by atoms with Crippen molar-refractivity contribution in [2.24, 2.45) is 11.8 Å². The zero-order chi connectivity index (χ0) is 43.4. The Bertz CT molecular complexity index is 2540. The maximum Gasteiger partial charge on any atom is 0.256 e. The van der Waals surface area contributed by atoms with Crippen LogP contribution in [-0.4, -0.2) is 41.0 Å². The molecule has 8 rings (SSSR count). The van der Waals surface area contributed by atoms with Crippen LogP contribution in [0.4, 0.5) is 22.7 Å². The average Bonchev–Trinajstić information content (AvgIpc) is 3.84. The predicted molar refractivity (Wildman–Crippen MR) is 253 cm³/mol. The van der Waals surface area contributed by atoms with Crippen molar-refractivity contribution in [3.63, 3.8) is 0 Å². The minimum absolute atomic E-state index is 0.0135. The van der Waals surface area contributed by atoms with Gasteiger partial charge in [0.15, 0.2) is 5.78 Å². The third-order valence-corrected chi connectivity index (χ3v) is 12.1. The molecule has 4 N–H and O–H groups in total. The van der Waals surface area contributed by atoms with Crippen molar-refractivity contribution in [1.29, 1.82) is 0 Å². The molecular formula is C54H53N5O4. The van der Waals surface area contributed by atoms with E-state index in [1.807, 2.05) is 158 Å². The van der Waals surface area contributed by atoms with Gasteiger partial charge in [-0.15, -0.1) is 0 Å². The highest BCUT2D eigenvalue weighted by Crippen LogP contribution is 2.35. The van der Waals surface area contributed by atoms with Gasteiger partial charge in [-0.2, -0.15) is 0 Å². The number of nitrogens with one attached hydrogen (secondary N) is 4. The molecule has 1 aliphatic heterocycles. The van der Waals surface area contributed by atoms with Crippen molar-refractivity contribution in [2.75, 3.05) is 27.8 Å². The number of hydrogen-bond donors (Lipinski definition) is 4. The molecule has 1 saturated carbocycles. The Morgan fingerprint density at radius 1 is 0.492 bits per heavy atom. The minimum Gasteiger partial charge on any atom is -0.380 e. The Hall–Kier alpha value is -7.26. The van der Waals surface area contributed by atoms with E-state index in [9.17, 15) is 19.2 Å². The Labute approximate surface area is 369 Å². The van der Waals surface area contributed by atoms with Gasteiger partial charge >= 0.3 is 0 Å². The highest BCUT2D eigenvalue weighted by atomic mass is 16.2. The van der Waals surface area contributed by atoms with Gasteiger partial charge in [0.1, 0.15) is 6.04 Å². The maximum atomic E-state index is 14.0. The third kappa shape index (κ3) is 10.8. The lowest BCUT2D eigenvalue weighted by molar-refractivity contribution is -0.122. The molecule has 318 valence electrons. The summed E-state index contributed by atoms with van der Waals surface area (Å²) in [7, 11) is 0. The van der Waals surface area contributed by atoms with E-state index in [1.54, 1.807) is 4.90 Å². The molecular weight excluding hydrogens is 783 g/mol. The molecule has 3 amide bonds. The van der Waals surface area contributed by atoms with Crippen molar-refractivity contribution in [3.05, 3.63) is 191 Å². The lowest BCUT2D eigenvalue weighted by atomic mass is 9.74. The molecule has 0 aromatic heterocycles. The van der Waals surface area contributed by atoms with Gasteiger partial charge in [-0.25, -0.2) is 0 Å². The number of benzene rings is 6. The van der Waals surface area contributed by atoms with Crippen LogP contribution in [0.5, 0.6) is 0 Å². The second kappa shape index (κ2) is 20.5. The summed E-state index contributed by atoms with van der Waals surface area (Å²) in [5.41, 5.74) is 8.20. The van der Waals surface area contributed by atoms with Gasteiger partial charge in [0.05, 0.1) is 5.56 Å². The van der Waals surface area contributed by atoms with Gasteiger partial charge < -0.3 is 26.2 Å². The molecule has 6 aromatic rings. The first-order valence-electron chi connectivity index (χ1n) is 22.0. The van der Waals surface area contributed by atoms with Crippen LogP contribution < -0.4 is 21.3 Å². The van der Waals surface area contributed by atoms with Gasteiger partial charge in [0.25, 0.3) is 5.91 Å². The molecule has 1 aliphatic carbocycles. The summed E-state index contributed by atoms with van der Waals surface area (Å²) < 4.78 is 0. The van der Waals surface area contributed by atoms with Crippen LogP contribution in [0.25, 0.3) is 12.2 Å².